The Bertz CT molecular complexity index is 626. The van der Waals surface area contributed by atoms with E-state index in [1.165, 1.54) is 12.1 Å². The molecule has 0 spiro atoms. The summed E-state index contributed by atoms with van der Waals surface area (Å²) in [4.78, 5) is 11.9. The first-order valence-electron chi connectivity index (χ1n) is 5.27. The molecule has 0 bridgehead atoms. The lowest BCUT2D eigenvalue weighted by Crippen LogP contribution is -2.10. The fourth-order valence-corrected chi connectivity index (χ4v) is 1.58. The number of ketones is 1. The average molecular weight is 272 g/mol. The molecule has 0 aliphatic rings. The minimum atomic E-state index is -4.85. The Morgan fingerprint density at radius 2 is 1.84 bits per heavy atom. The minimum Gasteiger partial charge on any atom is -0.458 e. The number of carbonyl (C=O) groups is 1. The molecule has 0 N–H and O–H groups in total. The molecule has 1 aromatic heterocycles. The van der Waals surface area contributed by atoms with Gasteiger partial charge in [-0.15, -0.1) is 0 Å². The summed E-state index contributed by atoms with van der Waals surface area (Å²) in [5, 5.41) is 0. The number of carbonyl (C=O) groups excluding carboxylic acids is 1. The molecule has 0 unspecified atom stereocenters. The Morgan fingerprint density at radius 3 is 2.37 bits per heavy atom. The van der Waals surface area contributed by atoms with Gasteiger partial charge in [0.15, 0.2) is 5.76 Å². The lowest BCUT2D eigenvalue weighted by Gasteiger charge is -2.09. The van der Waals surface area contributed by atoms with Gasteiger partial charge in [0.1, 0.15) is 11.6 Å². The van der Waals surface area contributed by atoms with Crippen molar-refractivity contribution >= 4 is 5.78 Å². The van der Waals surface area contributed by atoms with E-state index in [1.54, 1.807) is 6.92 Å². The fraction of sp³-hybridized carbons (Fsp3) is 0.154. The van der Waals surface area contributed by atoms with E-state index in [-0.39, 0.29) is 11.3 Å². The molecule has 0 atom stereocenters. The van der Waals surface area contributed by atoms with Gasteiger partial charge in [0.05, 0.1) is 5.56 Å². The normalized spacial score (nSPS) is 11.6. The first kappa shape index (κ1) is 13.3. The van der Waals surface area contributed by atoms with Crippen molar-refractivity contribution in [3.8, 4) is 0 Å². The molecule has 6 heteroatoms. The molecule has 19 heavy (non-hydrogen) atoms. The van der Waals surface area contributed by atoms with Gasteiger partial charge in [-0.1, -0.05) is 0 Å². The van der Waals surface area contributed by atoms with Crippen LogP contribution in [0.4, 0.5) is 17.6 Å². The van der Waals surface area contributed by atoms with Gasteiger partial charge in [-0.3, -0.25) is 4.79 Å². The highest BCUT2D eigenvalue weighted by molar-refractivity contribution is 6.07. The summed E-state index contributed by atoms with van der Waals surface area (Å²) in [7, 11) is 0. The molecule has 2 aromatic rings. The molecule has 1 aromatic carbocycles. The van der Waals surface area contributed by atoms with Gasteiger partial charge in [0.25, 0.3) is 0 Å². The number of hydrogen-bond donors (Lipinski definition) is 0. The molecule has 2 nitrogen and oxygen atoms in total. The van der Waals surface area contributed by atoms with Crippen LogP contribution in [0.25, 0.3) is 0 Å². The van der Waals surface area contributed by atoms with Crippen LogP contribution in [0.2, 0.25) is 0 Å². The molecule has 0 radical (unpaired) electrons. The highest BCUT2D eigenvalue weighted by atomic mass is 19.4. The molecule has 1 heterocycles. The second-order valence-corrected chi connectivity index (χ2v) is 3.93. The van der Waals surface area contributed by atoms with E-state index in [2.05, 4.69) is 0 Å². The second kappa shape index (κ2) is 4.53. The Labute approximate surface area is 105 Å². The Kier molecular flexibility index (Phi) is 3.18. The van der Waals surface area contributed by atoms with Crippen molar-refractivity contribution < 1.29 is 26.8 Å². The van der Waals surface area contributed by atoms with Gasteiger partial charge in [-0.2, -0.15) is 13.2 Å². The standard InChI is InChI=1S/C13H8F4O2/c1-7-2-5-11(19-7)12(18)8-3-4-10(14)9(6-8)13(15,16)17/h2-6H,1H3. The van der Waals surface area contributed by atoms with E-state index in [1.807, 2.05) is 0 Å². The summed E-state index contributed by atoms with van der Waals surface area (Å²) in [6.07, 6.45) is -4.85. The van der Waals surface area contributed by atoms with Crippen molar-refractivity contribution in [2.45, 2.75) is 13.1 Å². The summed E-state index contributed by atoms with van der Waals surface area (Å²) in [5.74, 6) is -1.77. The number of furan rings is 1. The topological polar surface area (TPSA) is 30.2 Å². The third-order valence-electron chi connectivity index (χ3n) is 2.50. The predicted molar refractivity (Wildman–Crippen MR) is 58.3 cm³/mol. The third-order valence-corrected chi connectivity index (χ3v) is 2.50. The van der Waals surface area contributed by atoms with Crippen LogP contribution in [0, 0.1) is 12.7 Å². The summed E-state index contributed by atoms with van der Waals surface area (Å²) >= 11 is 0. The Hall–Kier alpha value is -2.11. The molecule has 2 rings (SSSR count). The van der Waals surface area contributed by atoms with Gasteiger partial charge in [0.2, 0.25) is 5.78 Å². The quantitative estimate of drug-likeness (QED) is 0.611. The monoisotopic (exact) mass is 272 g/mol. The van der Waals surface area contributed by atoms with Crippen LogP contribution in [0.15, 0.2) is 34.7 Å². The molecule has 0 saturated carbocycles. The van der Waals surface area contributed by atoms with Gasteiger partial charge in [0, 0.05) is 5.56 Å². The maximum atomic E-state index is 13.1. The highest BCUT2D eigenvalue weighted by Gasteiger charge is 2.34. The molecule has 0 amide bonds. The number of aryl methyl sites for hydroxylation is 1. The van der Waals surface area contributed by atoms with Crippen LogP contribution in [-0.4, -0.2) is 5.78 Å². The highest BCUT2D eigenvalue weighted by Crippen LogP contribution is 2.32. The minimum absolute atomic E-state index is 0.0859. The second-order valence-electron chi connectivity index (χ2n) is 3.93. The zero-order valence-corrected chi connectivity index (χ0v) is 9.72. The van der Waals surface area contributed by atoms with Gasteiger partial charge in [-0.05, 0) is 37.3 Å². The van der Waals surface area contributed by atoms with Crippen molar-refractivity contribution in [3.05, 3.63) is 58.8 Å². The first-order chi connectivity index (χ1) is 8.79. The zero-order chi connectivity index (χ0) is 14.2. The van der Waals surface area contributed by atoms with E-state index >= 15 is 0 Å². The van der Waals surface area contributed by atoms with Crippen LogP contribution in [0.1, 0.15) is 27.4 Å². The van der Waals surface area contributed by atoms with Gasteiger partial charge < -0.3 is 4.42 Å². The average Bonchev–Trinajstić information content (AvgIpc) is 2.74. The molecular formula is C13H8F4O2. The van der Waals surface area contributed by atoms with Crippen molar-refractivity contribution in [2.24, 2.45) is 0 Å². The summed E-state index contributed by atoms with van der Waals surface area (Å²) in [6, 6.07) is 4.96. The van der Waals surface area contributed by atoms with Crippen molar-refractivity contribution in [2.75, 3.05) is 0 Å². The zero-order valence-electron chi connectivity index (χ0n) is 9.72. The predicted octanol–water partition coefficient (Wildman–Crippen LogP) is 3.98. The maximum Gasteiger partial charge on any atom is 0.419 e. The smallest absolute Gasteiger partial charge is 0.419 e. The Balaban J connectivity index is 2.44. The van der Waals surface area contributed by atoms with E-state index < -0.39 is 23.3 Å². The summed E-state index contributed by atoms with van der Waals surface area (Å²) < 4.78 is 55.7. The number of alkyl halides is 3. The van der Waals surface area contributed by atoms with Crippen LogP contribution < -0.4 is 0 Å². The Morgan fingerprint density at radius 1 is 1.16 bits per heavy atom. The largest absolute Gasteiger partial charge is 0.458 e. The van der Waals surface area contributed by atoms with Crippen LogP contribution in [0.5, 0.6) is 0 Å². The van der Waals surface area contributed by atoms with E-state index in [9.17, 15) is 22.4 Å². The maximum absolute atomic E-state index is 13.1. The molecule has 0 aliphatic carbocycles. The number of benzene rings is 1. The van der Waals surface area contributed by atoms with Crippen molar-refractivity contribution in [1.82, 2.24) is 0 Å². The molecule has 0 fully saturated rings. The molecule has 100 valence electrons. The van der Waals surface area contributed by atoms with E-state index in [4.69, 9.17) is 4.42 Å². The SMILES string of the molecule is Cc1ccc(C(=O)c2ccc(F)c(C(F)(F)F)c2)o1. The van der Waals surface area contributed by atoms with E-state index in [0.717, 1.165) is 6.07 Å². The van der Waals surface area contributed by atoms with E-state index in [0.29, 0.717) is 17.9 Å². The third kappa shape index (κ3) is 2.67. The molecule has 0 saturated heterocycles. The molecular weight excluding hydrogens is 264 g/mol. The summed E-state index contributed by atoms with van der Waals surface area (Å²) in [6.45, 7) is 1.60. The van der Waals surface area contributed by atoms with Gasteiger partial charge >= 0.3 is 6.18 Å². The lowest BCUT2D eigenvalue weighted by atomic mass is 10.0. The molecule has 0 aliphatic heterocycles. The first-order valence-corrected chi connectivity index (χ1v) is 5.27. The summed E-state index contributed by atoms with van der Waals surface area (Å²) in [5.41, 5.74) is -1.75. The number of rotatable bonds is 2. The fourth-order valence-electron chi connectivity index (χ4n) is 1.58. The van der Waals surface area contributed by atoms with Crippen LogP contribution in [0.3, 0.4) is 0 Å². The number of halogens is 4. The lowest BCUT2D eigenvalue weighted by molar-refractivity contribution is -0.140. The van der Waals surface area contributed by atoms with Crippen LogP contribution in [-0.2, 0) is 6.18 Å². The van der Waals surface area contributed by atoms with Gasteiger partial charge in [-0.25, -0.2) is 4.39 Å². The van der Waals surface area contributed by atoms with Crippen molar-refractivity contribution in [3.63, 3.8) is 0 Å². The van der Waals surface area contributed by atoms with Crippen molar-refractivity contribution in [1.29, 1.82) is 0 Å². The van der Waals surface area contributed by atoms with Crippen LogP contribution >= 0.6 is 0 Å². The number of hydrogen-bond acceptors (Lipinski definition) is 2.